The number of amides is 1. The molecule has 1 aliphatic rings. The largest absolute Gasteiger partial charge is 0.311 e. The highest BCUT2D eigenvalue weighted by Crippen LogP contribution is 2.38. The van der Waals surface area contributed by atoms with Crippen LogP contribution in [0.2, 0.25) is 0 Å². The second-order valence-electron chi connectivity index (χ2n) is 6.00. The number of carbonyl (C=O) groups excluding carboxylic acids is 1. The van der Waals surface area contributed by atoms with Gasteiger partial charge in [-0.3, -0.25) is 9.52 Å². The quantitative estimate of drug-likeness (QED) is 0.696. The maximum absolute atomic E-state index is 14.1. The van der Waals surface area contributed by atoms with Gasteiger partial charge in [0, 0.05) is 30.9 Å². The minimum atomic E-state index is -3.36. The first kappa shape index (κ1) is 18.0. The van der Waals surface area contributed by atoms with E-state index in [1.807, 2.05) is 0 Å². The van der Waals surface area contributed by atoms with Crippen LogP contribution in [-0.4, -0.2) is 20.1 Å². The van der Waals surface area contributed by atoms with E-state index >= 15 is 0 Å². The van der Waals surface area contributed by atoms with E-state index in [0.29, 0.717) is 28.7 Å². The van der Waals surface area contributed by atoms with Crippen LogP contribution < -0.4 is 10.0 Å². The summed E-state index contributed by atoms with van der Waals surface area (Å²) in [4.78, 5) is 19.2. The molecule has 1 aliphatic heterocycles. The number of carbonyl (C=O) groups is 1. The molecule has 1 atom stereocenters. The van der Waals surface area contributed by atoms with Gasteiger partial charge in [0.15, 0.2) is 15.7 Å². The first-order valence-electron chi connectivity index (χ1n) is 8.08. The van der Waals surface area contributed by atoms with E-state index in [0.717, 1.165) is 12.1 Å². The van der Waals surface area contributed by atoms with Crippen LogP contribution in [0, 0.1) is 11.6 Å². The summed E-state index contributed by atoms with van der Waals surface area (Å²) in [7, 11) is -3.36. The summed E-state index contributed by atoms with van der Waals surface area (Å²) in [5.74, 6) is -1.44. The van der Waals surface area contributed by atoms with Crippen molar-refractivity contribution in [2.45, 2.75) is 11.8 Å². The number of halogens is 2. The predicted molar refractivity (Wildman–Crippen MR) is 100 cm³/mol. The molecule has 4 rings (SSSR count). The van der Waals surface area contributed by atoms with E-state index in [1.54, 1.807) is 18.2 Å². The molecule has 0 spiro atoms. The zero-order valence-electron chi connectivity index (χ0n) is 14.4. The normalized spacial score (nSPS) is 17.4. The molecule has 142 valence electrons. The van der Waals surface area contributed by atoms with Crippen LogP contribution in [0.3, 0.4) is 0 Å². The Labute approximate surface area is 159 Å². The first-order valence-corrected chi connectivity index (χ1v) is 9.60. The van der Waals surface area contributed by atoms with Crippen molar-refractivity contribution in [3.63, 3.8) is 0 Å². The summed E-state index contributed by atoms with van der Waals surface area (Å²) in [5.41, 5.74) is 1.71. The highest BCUT2D eigenvalue weighted by molar-refractivity contribution is 7.95. The van der Waals surface area contributed by atoms with Crippen LogP contribution >= 0.6 is 0 Å². The molecule has 3 heterocycles. The van der Waals surface area contributed by atoms with Crippen LogP contribution in [0.1, 0.15) is 6.92 Å². The average Bonchev–Trinajstić information content (AvgIpc) is 2.97. The van der Waals surface area contributed by atoms with E-state index in [9.17, 15) is 17.8 Å². The summed E-state index contributed by atoms with van der Waals surface area (Å²) in [5, 5.41) is 2.59. The number of fused-ring (bicyclic) bond motifs is 1. The summed E-state index contributed by atoms with van der Waals surface area (Å²) in [6, 6.07) is 7.81. The molecule has 1 amide bonds. The minimum absolute atomic E-state index is 0.161. The molecule has 10 heteroatoms. The molecular formula is C18H13F2N5O2S. The lowest BCUT2D eigenvalue weighted by Crippen LogP contribution is -2.10. The summed E-state index contributed by atoms with van der Waals surface area (Å²) in [6.45, 7) is 1.38. The number of hydrogen-bond donors (Lipinski definition) is 2. The van der Waals surface area contributed by atoms with Crippen LogP contribution in [-0.2, 0) is 14.7 Å². The Morgan fingerprint density at radius 2 is 1.93 bits per heavy atom. The fraction of sp³-hybridized carbons (Fsp3) is 0.0556. The van der Waals surface area contributed by atoms with Gasteiger partial charge in [-0.15, -0.1) is 0 Å². The maximum Gasteiger partial charge on any atom is 0.222 e. The van der Waals surface area contributed by atoms with Crippen molar-refractivity contribution in [3.8, 4) is 11.1 Å². The summed E-state index contributed by atoms with van der Waals surface area (Å²) < 4.78 is 47.0. The van der Waals surface area contributed by atoms with Crippen molar-refractivity contribution in [2.24, 2.45) is 4.36 Å². The Balaban J connectivity index is 1.69. The average molecular weight is 401 g/mol. The molecule has 0 saturated carbocycles. The molecule has 0 saturated heterocycles. The lowest BCUT2D eigenvalue weighted by Gasteiger charge is -2.08. The van der Waals surface area contributed by atoms with Crippen molar-refractivity contribution in [1.82, 2.24) is 9.97 Å². The lowest BCUT2D eigenvalue weighted by atomic mass is 10.1. The lowest BCUT2D eigenvalue weighted by molar-refractivity contribution is -0.114. The van der Waals surface area contributed by atoms with Crippen LogP contribution in [0.25, 0.3) is 11.1 Å². The third-order valence-electron chi connectivity index (χ3n) is 3.92. The number of pyridine rings is 2. The SMILES string of the molecule is CC(=O)Nc1cc(-c2cnc3c(c2)NS(=O)(c2ccc(F)cc2F)=N3)ccn1. The number of nitrogens with zero attached hydrogens (tertiary/aromatic N) is 3. The molecule has 0 radical (unpaired) electrons. The smallest absolute Gasteiger partial charge is 0.222 e. The van der Waals surface area contributed by atoms with E-state index in [-0.39, 0.29) is 16.6 Å². The summed E-state index contributed by atoms with van der Waals surface area (Å²) >= 11 is 0. The van der Waals surface area contributed by atoms with Crippen molar-refractivity contribution in [1.29, 1.82) is 0 Å². The molecule has 3 aromatic rings. The Morgan fingerprint density at radius 1 is 1.11 bits per heavy atom. The second kappa shape index (κ2) is 6.64. The van der Waals surface area contributed by atoms with Gasteiger partial charge in [-0.05, 0) is 35.9 Å². The van der Waals surface area contributed by atoms with E-state index < -0.39 is 21.5 Å². The zero-order valence-corrected chi connectivity index (χ0v) is 15.3. The Morgan fingerprint density at radius 3 is 2.68 bits per heavy atom. The molecular weight excluding hydrogens is 388 g/mol. The van der Waals surface area contributed by atoms with Gasteiger partial charge in [0.2, 0.25) is 5.91 Å². The Hall–Kier alpha value is -3.40. The van der Waals surface area contributed by atoms with Crippen LogP contribution in [0.5, 0.6) is 0 Å². The highest BCUT2D eigenvalue weighted by Gasteiger charge is 2.26. The molecule has 1 unspecified atom stereocenters. The number of nitrogens with one attached hydrogen (secondary N) is 2. The van der Waals surface area contributed by atoms with Gasteiger partial charge in [0.05, 0.1) is 5.69 Å². The van der Waals surface area contributed by atoms with Gasteiger partial charge in [0.25, 0.3) is 0 Å². The fourth-order valence-corrected chi connectivity index (χ4v) is 4.39. The molecule has 0 fully saturated rings. The van der Waals surface area contributed by atoms with Gasteiger partial charge < -0.3 is 5.32 Å². The molecule has 2 aromatic heterocycles. The molecule has 1 aromatic carbocycles. The van der Waals surface area contributed by atoms with Crippen LogP contribution in [0.4, 0.5) is 26.1 Å². The third-order valence-corrected chi connectivity index (χ3v) is 5.77. The van der Waals surface area contributed by atoms with Crippen molar-refractivity contribution in [3.05, 3.63) is 60.4 Å². The second-order valence-corrected chi connectivity index (χ2v) is 7.88. The van der Waals surface area contributed by atoms with E-state index in [1.165, 1.54) is 19.3 Å². The Bertz CT molecular complexity index is 1240. The van der Waals surface area contributed by atoms with Gasteiger partial charge in [-0.25, -0.2) is 23.0 Å². The number of aromatic nitrogens is 2. The van der Waals surface area contributed by atoms with Gasteiger partial charge in [-0.1, -0.05) is 0 Å². The predicted octanol–water partition coefficient (Wildman–Crippen LogP) is 3.88. The topological polar surface area (TPSA) is 96.3 Å². The standard InChI is InChI=1S/C18H13F2N5O2S/c1-10(26)23-17-7-11(4-5-21-17)12-6-15-18(22-9-12)25-28(27,24-15)16-3-2-13(19)8-14(16)20/h2-9H,1H3,(H,21,23,26)(H,22,24,25,27). The number of benzene rings is 1. The molecule has 2 N–H and O–H groups in total. The van der Waals surface area contributed by atoms with Crippen molar-refractivity contribution in [2.75, 3.05) is 10.0 Å². The van der Waals surface area contributed by atoms with Crippen molar-refractivity contribution >= 4 is 33.1 Å². The molecule has 0 bridgehead atoms. The third kappa shape index (κ3) is 3.29. The van der Waals surface area contributed by atoms with Gasteiger partial charge in [0.1, 0.15) is 22.3 Å². The summed E-state index contributed by atoms with van der Waals surface area (Å²) in [6.07, 6.45) is 3.05. The van der Waals surface area contributed by atoms with E-state index in [2.05, 4.69) is 24.4 Å². The fourth-order valence-electron chi connectivity index (χ4n) is 2.72. The molecule has 7 nitrogen and oxygen atoms in total. The van der Waals surface area contributed by atoms with E-state index in [4.69, 9.17) is 0 Å². The van der Waals surface area contributed by atoms with Crippen LogP contribution in [0.15, 0.2) is 58.1 Å². The van der Waals surface area contributed by atoms with Crippen molar-refractivity contribution < 1.29 is 17.8 Å². The number of rotatable bonds is 3. The maximum atomic E-state index is 14.1. The minimum Gasteiger partial charge on any atom is -0.311 e. The van der Waals surface area contributed by atoms with Gasteiger partial charge in [-0.2, -0.15) is 4.36 Å². The molecule has 0 aliphatic carbocycles. The molecule has 28 heavy (non-hydrogen) atoms. The zero-order chi connectivity index (χ0) is 19.9. The monoisotopic (exact) mass is 401 g/mol. The van der Waals surface area contributed by atoms with Gasteiger partial charge >= 0.3 is 0 Å². The first-order chi connectivity index (χ1) is 13.3. The highest BCUT2D eigenvalue weighted by atomic mass is 32.2. The number of hydrogen-bond acceptors (Lipinski definition) is 5. The Kier molecular flexibility index (Phi) is 4.27. The number of anilines is 2.